The van der Waals surface area contributed by atoms with Crippen LogP contribution in [0, 0.1) is 11.3 Å². The van der Waals surface area contributed by atoms with Gasteiger partial charge in [0.15, 0.2) is 0 Å². The maximum Gasteiger partial charge on any atom is 0.243 e. The van der Waals surface area contributed by atoms with Crippen LogP contribution in [-0.2, 0) is 24.4 Å². The third-order valence-electron chi connectivity index (χ3n) is 6.46. The summed E-state index contributed by atoms with van der Waals surface area (Å²) in [7, 11) is 0. The Bertz CT molecular complexity index is 1540. The molecule has 1 heterocycles. The highest BCUT2D eigenvalue weighted by Gasteiger charge is 2.19. The molecular formula is C32H29BrN3OS+. The van der Waals surface area contributed by atoms with Crippen LogP contribution >= 0.6 is 27.7 Å². The van der Waals surface area contributed by atoms with Crippen molar-refractivity contribution in [2.45, 2.75) is 37.1 Å². The minimum absolute atomic E-state index is 0.120. The van der Waals surface area contributed by atoms with Crippen molar-refractivity contribution in [1.82, 2.24) is 4.57 Å². The topological polar surface area (TPSA) is 41.8 Å². The Kier molecular flexibility index (Phi) is 8.93. The standard InChI is InChI=1S/C32H29BrN3OS/c33-31-9-4-3-8-30(31)32(37-23-26-12-10-25(21-34)11-13-26)22-36-18-17-35(24-36)16-5-19-38-29-15-14-27-6-1-2-7-28(27)20-29/h1-4,6-15,17-18,20,24,32H,5,16,19,22-23H2/q+1. The fourth-order valence-electron chi connectivity index (χ4n) is 4.41. The van der Waals surface area contributed by atoms with Gasteiger partial charge in [-0.1, -0.05) is 76.6 Å². The first-order chi connectivity index (χ1) is 18.7. The van der Waals surface area contributed by atoms with Gasteiger partial charge >= 0.3 is 0 Å². The Morgan fingerprint density at radius 3 is 2.55 bits per heavy atom. The Labute approximate surface area is 236 Å². The quantitative estimate of drug-likeness (QED) is 0.0909. The van der Waals surface area contributed by atoms with Gasteiger partial charge in [-0.25, -0.2) is 9.13 Å². The fourth-order valence-corrected chi connectivity index (χ4v) is 5.84. The molecule has 0 radical (unpaired) electrons. The minimum Gasteiger partial charge on any atom is -0.365 e. The second-order valence-electron chi connectivity index (χ2n) is 9.19. The van der Waals surface area contributed by atoms with Gasteiger partial charge < -0.3 is 4.74 Å². The number of fused-ring (bicyclic) bond motifs is 1. The number of nitriles is 1. The lowest BCUT2D eigenvalue weighted by atomic mass is 10.1. The summed E-state index contributed by atoms with van der Waals surface area (Å²) in [6.07, 6.45) is 7.39. The number of aromatic nitrogens is 2. The van der Waals surface area contributed by atoms with Crippen LogP contribution in [-0.4, -0.2) is 10.3 Å². The van der Waals surface area contributed by atoms with Crippen molar-refractivity contribution in [2.75, 3.05) is 5.75 Å². The van der Waals surface area contributed by atoms with Crippen molar-refractivity contribution in [2.24, 2.45) is 0 Å². The van der Waals surface area contributed by atoms with Gasteiger partial charge in [0.1, 0.15) is 25.0 Å². The van der Waals surface area contributed by atoms with Crippen molar-refractivity contribution in [1.29, 1.82) is 5.26 Å². The normalized spacial score (nSPS) is 11.9. The zero-order valence-electron chi connectivity index (χ0n) is 21.0. The van der Waals surface area contributed by atoms with Crippen LogP contribution in [0.1, 0.15) is 29.2 Å². The molecule has 0 aliphatic carbocycles. The lowest BCUT2D eigenvalue weighted by Gasteiger charge is -2.18. The molecule has 0 N–H and O–H groups in total. The maximum absolute atomic E-state index is 9.05. The SMILES string of the molecule is N#Cc1ccc(COC(C[n+]2ccn(CCCSc3ccc4ccccc4c3)c2)c2ccccc2Br)cc1. The van der Waals surface area contributed by atoms with E-state index in [-0.39, 0.29) is 6.10 Å². The molecule has 4 aromatic carbocycles. The first-order valence-corrected chi connectivity index (χ1v) is 14.5. The number of hydrogen-bond acceptors (Lipinski definition) is 3. The second kappa shape index (κ2) is 12.9. The molecule has 0 bridgehead atoms. The van der Waals surface area contributed by atoms with Crippen LogP contribution in [0.3, 0.4) is 0 Å². The molecule has 190 valence electrons. The monoisotopic (exact) mass is 582 g/mol. The predicted octanol–water partition coefficient (Wildman–Crippen LogP) is 7.70. The summed E-state index contributed by atoms with van der Waals surface area (Å²) in [6.45, 7) is 2.15. The highest BCUT2D eigenvalue weighted by atomic mass is 79.9. The highest BCUT2D eigenvalue weighted by molar-refractivity contribution is 9.10. The van der Waals surface area contributed by atoms with Crippen molar-refractivity contribution in [3.8, 4) is 6.07 Å². The number of benzene rings is 4. The van der Waals surface area contributed by atoms with Gasteiger partial charge in [-0.2, -0.15) is 5.26 Å². The van der Waals surface area contributed by atoms with E-state index in [1.807, 2.05) is 48.2 Å². The molecule has 1 atom stereocenters. The molecule has 6 heteroatoms. The molecule has 0 spiro atoms. The Morgan fingerprint density at radius 1 is 0.947 bits per heavy atom. The number of hydrogen-bond donors (Lipinski definition) is 0. The summed E-state index contributed by atoms with van der Waals surface area (Å²) in [4.78, 5) is 1.32. The molecule has 0 saturated carbocycles. The molecular weight excluding hydrogens is 554 g/mol. The van der Waals surface area contributed by atoms with Gasteiger partial charge in [-0.3, -0.25) is 0 Å². The average Bonchev–Trinajstić information content (AvgIpc) is 3.41. The summed E-state index contributed by atoms with van der Waals surface area (Å²) in [6, 6.07) is 33.2. The van der Waals surface area contributed by atoms with E-state index in [9.17, 15) is 0 Å². The highest BCUT2D eigenvalue weighted by Crippen LogP contribution is 2.27. The summed E-state index contributed by atoms with van der Waals surface area (Å²) >= 11 is 5.62. The van der Waals surface area contributed by atoms with Crippen LogP contribution in [0.4, 0.5) is 0 Å². The molecule has 0 saturated heterocycles. The van der Waals surface area contributed by atoms with Crippen LogP contribution in [0.15, 0.2) is 119 Å². The molecule has 0 aliphatic rings. The van der Waals surface area contributed by atoms with Crippen LogP contribution in [0.5, 0.6) is 0 Å². The molecule has 5 rings (SSSR count). The Hall–Kier alpha value is -3.37. The Morgan fingerprint density at radius 2 is 1.74 bits per heavy atom. The lowest BCUT2D eigenvalue weighted by Crippen LogP contribution is -2.35. The van der Waals surface area contributed by atoms with Crippen molar-refractivity contribution in [3.63, 3.8) is 0 Å². The molecule has 0 aliphatic heterocycles. The lowest BCUT2D eigenvalue weighted by molar-refractivity contribution is -0.705. The van der Waals surface area contributed by atoms with Gasteiger partial charge in [0, 0.05) is 15.1 Å². The number of thioether (sulfide) groups is 1. The van der Waals surface area contributed by atoms with Gasteiger partial charge in [-0.15, -0.1) is 11.8 Å². The zero-order chi connectivity index (χ0) is 26.2. The van der Waals surface area contributed by atoms with Crippen LogP contribution in [0.2, 0.25) is 0 Å². The van der Waals surface area contributed by atoms with E-state index in [2.05, 4.69) is 104 Å². The molecule has 1 aromatic heterocycles. The third-order valence-corrected chi connectivity index (χ3v) is 8.26. The van der Waals surface area contributed by atoms with Crippen LogP contribution in [0.25, 0.3) is 10.8 Å². The summed E-state index contributed by atoms with van der Waals surface area (Å²) in [5.74, 6) is 1.07. The van der Waals surface area contributed by atoms with Gasteiger partial charge in [-0.05, 0) is 58.7 Å². The number of ether oxygens (including phenoxy) is 1. The zero-order valence-corrected chi connectivity index (χ0v) is 23.4. The van der Waals surface area contributed by atoms with Crippen molar-refractivity contribution >= 4 is 38.5 Å². The van der Waals surface area contributed by atoms with Crippen LogP contribution < -0.4 is 4.57 Å². The first kappa shape index (κ1) is 26.2. The van der Waals surface area contributed by atoms with Gasteiger partial charge in [0.2, 0.25) is 6.33 Å². The number of rotatable bonds is 11. The average molecular weight is 584 g/mol. The smallest absolute Gasteiger partial charge is 0.243 e. The van der Waals surface area contributed by atoms with E-state index in [4.69, 9.17) is 10.00 Å². The van der Waals surface area contributed by atoms with E-state index in [0.29, 0.717) is 18.7 Å². The predicted molar refractivity (Wildman–Crippen MR) is 157 cm³/mol. The molecule has 1 unspecified atom stereocenters. The Balaban J connectivity index is 1.17. The van der Waals surface area contributed by atoms with Gasteiger partial charge in [0.05, 0.1) is 24.8 Å². The summed E-state index contributed by atoms with van der Waals surface area (Å²) in [5.41, 5.74) is 2.82. The number of aryl methyl sites for hydroxylation is 1. The van der Waals surface area contributed by atoms with E-state index in [0.717, 1.165) is 34.3 Å². The summed E-state index contributed by atoms with van der Waals surface area (Å²) < 4.78 is 11.9. The van der Waals surface area contributed by atoms with E-state index < -0.39 is 0 Å². The maximum atomic E-state index is 9.05. The second-order valence-corrected chi connectivity index (χ2v) is 11.2. The first-order valence-electron chi connectivity index (χ1n) is 12.7. The van der Waals surface area contributed by atoms with Crippen molar-refractivity contribution in [3.05, 3.63) is 131 Å². The molecule has 5 aromatic rings. The number of halogens is 1. The third kappa shape index (κ3) is 6.93. The van der Waals surface area contributed by atoms with E-state index >= 15 is 0 Å². The molecule has 38 heavy (non-hydrogen) atoms. The minimum atomic E-state index is -0.120. The summed E-state index contributed by atoms with van der Waals surface area (Å²) in [5, 5.41) is 11.6. The molecule has 0 amide bonds. The van der Waals surface area contributed by atoms with E-state index in [1.165, 1.54) is 15.7 Å². The molecule has 4 nitrogen and oxygen atoms in total. The van der Waals surface area contributed by atoms with Crippen molar-refractivity contribution < 1.29 is 9.30 Å². The largest absolute Gasteiger partial charge is 0.365 e. The molecule has 0 fully saturated rings. The van der Waals surface area contributed by atoms with E-state index in [1.54, 1.807) is 0 Å². The number of nitrogens with zero attached hydrogens (tertiary/aromatic N) is 3. The van der Waals surface area contributed by atoms with Gasteiger partial charge in [0.25, 0.3) is 0 Å². The fraction of sp³-hybridized carbons (Fsp3) is 0.188. The number of imidazole rings is 1.